The van der Waals surface area contributed by atoms with Gasteiger partial charge in [0.05, 0.1) is 0 Å². The van der Waals surface area contributed by atoms with Crippen LogP contribution in [0.25, 0.3) is 23.0 Å². The Kier molecular flexibility index (Phi) is 2.96. The van der Waals surface area contributed by atoms with E-state index in [4.69, 9.17) is 10.3 Å². The average Bonchev–Trinajstić information content (AvgIpc) is 2.89. The number of halogens is 1. The van der Waals surface area contributed by atoms with E-state index in [1.54, 1.807) is 30.6 Å². The van der Waals surface area contributed by atoms with Crippen molar-refractivity contribution in [2.24, 2.45) is 0 Å². The molecule has 3 rings (SSSR count). The Morgan fingerprint density at radius 2 is 2.05 bits per heavy atom. The van der Waals surface area contributed by atoms with Crippen LogP contribution < -0.4 is 5.73 Å². The zero-order valence-electron chi connectivity index (χ0n) is 9.62. The van der Waals surface area contributed by atoms with Crippen LogP contribution in [-0.4, -0.2) is 20.1 Å². The molecule has 0 fully saturated rings. The van der Waals surface area contributed by atoms with Gasteiger partial charge in [-0.15, -0.1) is 0 Å². The van der Waals surface area contributed by atoms with E-state index in [2.05, 4.69) is 36.0 Å². The molecule has 0 saturated heterocycles. The van der Waals surface area contributed by atoms with Crippen LogP contribution in [-0.2, 0) is 0 Å². The summed E-state index contributed by atoms with van der Waals surface area (Å²) in [4.78, 5) is 12.4. The molecule has 0 saturated carbocycles. The van der Waals surface area contributed by atoms with E-state index in [9.17, 15) is 0 Å². The van der Waals surface area contributed by atoms with Gasteiger partial charge in [-0.05, 0) is 40.2 Å². The Hall–Kier alpha value is -2.28. The van der Waals surface area contributed by atoms with Crippen molar-refractivity contribution in [2.75, 3.05) is 5.73 Å². The summed E-state index contributed by atoms with van der Waals surface area (Å²) in [6.07, 6.45) is 3.27. The highest BCUT2D eigenvalue weighted by molar-refractivity contribution is 9.10. The van der Waals surface area contributed by atoms with Crippen molar-refractivity contribution < 1.29 is 4.52 Å². The number of anilines is 1. The van der Waals surface area contributed by atoms with Crippen LogP contribution in [0.4, 0.5) is 5.82 Å². The Balaban J connectivity index is 1.97. The van der Waals surface area contributed by atoms with E-state index in [0.717, 1.165) is 10.0 Å². The van der Waals surface area contributed by atoms with Gasteiger partial charge in [0.25, 0.3) is 5.89 Å². The molecule has 0 unspecified atom stereocenters. The molecule has 19 heavy (non-hydrogen) atoms. The molecule has 3 aromatic heterocycles. The summed E-state index contributed by atoms with van der Waals surface area (Å²) in [5, 5.41) is 3.90. The Labute approximate surface area is 116 Å². The number of nitrogen functional groups attached to an aromatic ring is 1. The average molecular weight is 318 g/mol. The maximum atomic E-state index is 5.61. The van der Waals surface area contributed by atoms with Crippen molar-refractivity contribution in [3.05, 3.63) is 41.1 Å². The standard InChI is InChI=1S/C12H8BrN5O/c13-8-1-2-9(16-6-8)11-17-12(19-18-11)7-3-4-15-10(14)5-7/h1-6H,(H2,14,15). The lowest BCUT2D eigenvalue weighted by Gasteiger charge is -1.94. The molecule has 2 N–H and O–H groups in total. The summed E-state index contributed by atoms with van der Waals surface area (Å²) in [5.74, 6) is 1.21. The third kappa shape index (κ3) is 2.45. The highest BCUT2D eigenvalue weighted by Gasteiger charge is 2.11. The second-order valence-electron chi connectivity index (χ2n) is 3.75. The molecule has 6 nitrogen and oxygen atoms in total. The number of nitrogens with zero attached hydrogens (tertiary/aromatic N) is 4. The van der Waals surface area contributed by atoms with Gasteiger partial charge in [-0.3, -0.25) is 4.98 Å². The maximum Gasteiger partial charge on any atom is 0.258 e. The number of hydrogen-bond donors (Lipinski definition) is 1. The minimum atomic E-state index is 0.383. The Bertz CT molecular complexity index is 710. The van der Waals surface area contributed by atoms with Gasteiger partial charge in [-0.2, -0.15) is 4.98 Å². The van der Waals surface area contributed by atoms with Crippen molar-refractivity contribution in [3.8, 4) is 23.0 Å². The van der Waals surface area contributed by atoms with Crippen LogP contribution in [0.5, 0.6) is 0 Å². The van der Waals surface area contributed by atoms with Gasteiger partial charge >= 0.3 is 0 Å². The fourth-order valence-electron chi connectivity index (χ4n) is 1.53. The number of hydrogen-bond acceptors (Lipinski definition) is 6. The molecule has 94 valence electrons. The molecule has 7 heteroatoms. The first kappa shape index (κ1) is 11.8. The summed E-state index contributed by atoms with van der Waals surface area (Å²) >= 11 is 3.32. The molecule has 0 amide bonds. The minimum Gasteiger partial charge on any atom is -0.384 e. The third-order valence-electron chi connectivity index (χ3n) is 2.41. The number of nitrogens with two attached hydrogens (primary N) is 1. The van der Waals surface area contributed by atoms with Gasteiger partial charge in [-0.25, -0.2) is 4.98 Å². The van der Waals surface area contributed by atoms with Crippen molar-refractivity contribution >= 4 is 21.7 Å². The van der Waals surface area contributed by atoms with Crippen LogP contribution in [0, 0.1) is 0 Å². The zero-order valence-corrected chi connectivity index (χ0v) is 11.2. The van der Waals surface area contributed by atoms with Crippen LogP contribution in [0.1, 0.15) is 0 Å². The fourth-order valence-corrected chi connectivity index (χ4v) is 1.77. The van der Waals surface area contributed by atoms with Crippen LogP contribution >= 0.6 is 15.9 Å². The van der Waals surface area contributed by atoms with Crippen LogP contribution in [0.15, 0.2) is 45.7 Å². The van der Waals surface area contributed by atoms with Gasteiger partial charge in [0.1, 0.15) is 11.5 Å². The van der Waals surface area contributed by atoms with E-state index in [0.29, 0.717) is 23.2 Å². The molecule has 0 bridgehead atoms. The van der Waals surface area contributed by atoms with Crippen molar-refractivity contribution in [1.82, 2.24) is 20.1 Å². The predicted molar refractivity (Wildman–Crippen MR) is 72.9 cm³/mol. The molecule has 0 aliphatic rings. The van der Waals surface area contributed by atoms with Gasteiger partial charge in [0.2, 0.25) is 5.82 Å². The molecular formula is C12H8BrN5O. The van der Waals surface area contributed by atoms with Gasteiger partial charge in [-0.1, -0.05) is 5.16 Å². The lowest BCUT2D eigenvalue weighted by molar-refractivity contribution is 0.432. The first-order chi connectivity index (χ1) is 9.22. The molecule has 0 spiro atoms. The summed E-state index contributed by atoms with van der Waals surface area (Å²) in [6, 6.07) is 7.09. The van der Waals surface area contributed by atoms with Gasteiger partial charge in [0, 0.05) is 22.4 Å². The Morgan fingerprint density at radius 3 is 2.79 bits per heavy atom. The first-order valence-electron chi connectivity index (χ1n) is 5.40. The minimum absolute atomic E-state index is 0.383. The van der Waals surface area contributed by atoms with E-state index < -0.39 is 0 Å². The maximum absolute atomic E-state index is 5.61. The molecular weight excluding hydrogens is 310 g/mol. The largest absolute Gasteiger partial charge is 0.384 e. The molecule has 3 heterocycles. The fraction of sp³-hybridized carbons (Fsp3) is 0. The highest BCUT2D eigenvalue weighted by Crippen LogP contribution is 2.22. The van der Waals surface area contributed by atoms with Crippen LogP contribution in [0.3, 0.4) is 0 Å². The first-order valence-corrected chi connectivity index (χ1v) is 6.19. The monoisotopic (exact) mass is 317 g/mol. The summed E-state index contributed by atoms with van der Waals surface area (Å²) in [7, 11) is 0. The van der Waals surface area contributed by atoms with E-state index in [1.807, 2.05) is 6.07 Å². The van der Waals surface area contributed by atoms with E-state index in [1.165, 1.54) is 0 Å². The zero-order chi connectivity index (χ0) is 13.2. The molecule has 0 atom stereocenters. The van der Waals surface area contributed by atoms with Crippen molar-refractivity contribution in [3.63, 3.8) is 0 Å². The summed E-state index contributed by atoms with van der Waals surface area (Å²) in [6.45, 7) is 0. The number of pyridine rings is 2. The van der Waals surface area contributed by atoms with Crippen molar-refractivity contribution in [2.45, 2.75) is 0 Å². The van der Waals surface area contributed by atoms with E-state index >= 15 is 0 Å². The topological polar surface area (TPSA) is 90.7 Å². The SMILES string of the molecule is Nc1cc(-c2nc(-c3ccc(Br)cn3)no2)ccn1. The summed E-state index contributed by atoms with van der Waals surface area (Å²) < 4.78 is 6.08. The lowest BCUT2D eigenvalue weighted by atomic mass is 10.2. The highest BCUT2D eigenvalue weighted by atomic mass is 79.9. The number of aromatic nitrogens is 4. The Morgan fingerprint density at radius 1 is 1.16 bits per heavy atom. The smallest absolute Gasteiger partial charge is 0.258 e. The third-order valence-corrected chi connectivity index (χ3v) is 2.88. The van der Waals surface area contributed by atoms with Gasteiger partial charge < -0.3 is 10.3 Å². The second kappa shape index (κ2) is 4.77. The lowest BCUT2D eigenvalue weighted by Crippen LogP contribution is -1.89. The molecule has 0 radical (unpaired) electrons. The van der Waals surface area contributed by atoms with Gasteiger partial charge in [0.15, 0.2) is 0 Å². The van der Waals surface area contributed by atoms with E-state index in [-0.39, 0.29) is 0 Å². The molecule has 0 aliphatic carbocycles. The normalized spacial score (nSPS) is 10.6. The molecule has 3 aromatic rings. The van der Waals surface area contributed by atoms with Crippen molar-refractivity contribution in [1.29, 1.82) is 0 Å². The molecule has 0 aliphatic heterocycles. The van der Waals surface area contributed by atoms with Crippen LogP contribution in [0.2, 0.25) is 0 Å². The number of rotatable bonds is 2. The second-order valence-corrected chi connectivity index (χ2v) is 4.67. The predicted octanol–water partition coefficient (Wildman–Crippen LogP) is 2.54. The molecule has 0 aromatic carbocycles. The quantitative estimate of drug-likeness (QED) is 0.781. The summed E-state index contributed by atoms with van der Waals surface area (Å²) in [5.41, 5.74) is 6.98.